The number of hydrogen-bond donors (Lipinski definition) is 1. The molecule has 27 heavy (non-hydrogen) atoms. The minimum Gasteiger partial charge on any atom is -0.497 e. The van der Waals surface area contributed by atoms with Gasteiger partial charge in [0.25, 0.3) is 0 Å². The van der Waals surface area contributed by atoms with E-state index in [2.05, 4.69) is 14.9 Å². The summed E-state index contributed by atoms with van der Waals surface area (Å²) in [6.07, 6.45) is 3.09. The van der Waals surface area contributed by atoms with Crippen molar-refractivity contribution in [3.05, 3.63) is 66.5 Å². The molecule has 0 spiro atoms. The predicted octanol–water partition coefficient (Wildman–Crippen LogP) is 2.02. The summed E-state index contributed by atoms with van der Waals surface area (Å²) in [4.78, 5) is 1.43. The van der Waals surface area contributed by atoms with E-state index in [1.165, 1.54) is 25.1 Å². The number of rotatable bonds is 8. The van der Waals surface area contributed by atoms with Gasteiger partial charge < -0.3 is 9.47 Å². The molecule has 8 nitrogen and oxygen atoms in total. The number of nitrogens with one attached hydrogen (secondary N) is 1. The summed E-state index contributed by atoms with van der Waals surface area (Å²) < 4.78 is 39.3. The smallest absolute Gasteiger partial charge is 0.245 e. The van der Waals surface area contributed by atoms with Crippen LogP contribution in [0.25, 0.3) is 0 Å². The molecular formula is C18H20N4O4S. The molecule has 9 heteroatoms. The van der Waals surface area contributed by atoms with Crippen LogP contribution < -0.4 is 14.2 Å². The summed E-state index contributed by atoms with van der Waals surface area (Å²) in [5, 5.41) is 8.14. The van der Waals surface area contributed by atoms with Gasteiger partial charge in [-0.05, 0) is 17.7 Å². The molecule has 1 unspecified atom stereocenters. The minimum absolute atomic E-state index is 0.00120. The van der Waals surface area contributed by atoms with E-state index in [9.17, 15) is 8.42 Å². The number of benzene rings is 2. The molecule has 0 saturated heterocycles. The molecule has 0 radical (unpaired) electrons. The number of ether oxygens (including phenoxy) is 2. The van der Waals surface area contributed by atoms with Gasteiger partial charge in [-0.15, -0.1) is 0 Å². The number of nitrogens with zero attached hydrogens (tertiary/aromatic N) is 3. The maximum atomic E-state index is 13.1. The molecule has 0 aliphatic rings. The molecule has 2 aromatic carbocycles. The number of sulfonamides is 1. The first-order chi connectivity index (χ1) is 13.0. The molecule has 142 valence electrons. The summed E-state index contributed by atoms with van der Waals surface area (Å²) in [6.45, 7) is 0.239. The van der Waals surface area contributed by atoms with Crippen LogP contribution >= 0.6 is 0 Å². The van der Waals surface area contributed by atoms with Crippen molar-refractivity contribution in [2.75, 3.05) is 14.2 Å². The molecule has 1 atom stereocenters. The van der Waals surface area contributed by atoms with Gasteiger partial charge in [-0.2, -0.15) is 15.0 Å². The van der Waals surface area contributed by atoms with Gasteiger partial charge in [0.05, 0.1) is 39.2 Å². The summed E-state index contributed by atoms with van der Waals surface area (Å²) in [5.41, 5.74) is 0.792. The lowest BCUT2D eigenvalue weighted by molar-refractivity contribution is 0.390. The number of methoxy groups -OCH3 is 2. The van der Waals surface area contributed by atoms with Crippen molar-refractivity contribution in [1.82, 2.24) is 19.7 Å². The fraction of sp³-hybridized carbons (Fsp3) is 0.222. The van der Waals surface area contributed by atoms with Crippen LogP contribution in [0.4, 0.5) is 0 Å². The Hall–Kier alpha value is -2.91. The second kappa shape index (κ2) is 8.19. The van der Waals surface area contributed by atoms with Gasteiger partial charge in [-0.3, -0.25) is 0 Å². The van der Waals surface area contributed by atoms with Crippen LogP contribution in [0.3, 0.4) is 0 Å². The highest BCUT2D eigenvalue weighted by atomic mass is 32.2. The first-order valence-corrected chi connectivity index (χ1v) is 9.65. The van der Waals surface area contributed by atoms with E-state index in [4.69, 9.17) is 9.47 Å². The van der Waals surface area contributed by atoms with Crippen LogP contribution in [0.2, 0.25) is 0 Å². The second-order valence-corrected chi connectivity index (χ2v) is 7.37. The molecule has 0 aliphatic carbocycles. The summed E-state index contributed by atoms with van der Waals surface area (Å²) in [5.74, 6) is 0.647. The summed E-state index contributed by atoms with van der Waals surface area (Å²) >= 11 is 0. The van der Waals surface area contributed by atoms with Gasteiger partial charge >= 0.3 is 0 Å². The Morgan fingerprint density at radius 2 is 1.74 bits per heavy atom. The number of aromatic nitrogens is 3. The summed E-state index contributed by atoms with van der Waals surface area (Å²) in [7, 11) is -1.02. The molecule has 0 bridgehead atoms. The zero-order valence-electron chi connectivity index (χ0n) is 14.9. The van der Waals surface area contributed by atoms with Crippen LogP contribution in [-0.2, 0) is 16.6 Å². The van der Waals surface area contributed by atoms with Gasteiger partial charge in [0.1, 0.15) is 16.4 Å². The molecule has 1 aromatic heterocycles. The molecule has 3 aromatic rings. The van der Waals surface area contributed by atoms with Gasteiger partial charge in [0.2, 0.25) is 10.0 Å². The minimum atomic E-state index is -3.91. The fourth-order valence-corrected chi connectivity index (χ4v) is 4.04. The fourth-order valence-electron chi connectivity index (χ4n) is 2.64. The van der Waals surface area contributed by atoms with Gasteiger partial charge in [0.15, 0.2) is 0 Å². The lowest BCUT2D eigenvalue weighted by Gasteiger charge is -2.20. The Kier molecular flexibility index (Phi) is 5.72. The van der Waals surface area contributed by atoms with Crippen molar-refractivity contribution in [1.29, 1.82) is 0 Å². The Morgan fingerprint density at radius 3 is 2.37 bits per heavy atom. The van der Waals surface area contributed by atoms with E-state index < -0.39 is 16.1 Å². The lowest BCUT2D eigenvalue weighted by atomic mass is 10.1. The number of hydrogen-bond acceptors (Lipinski definition) is 6. The normalized spacial score (nSPS) is 12.5. The third-order valence-corrected chi connectivity index (χ3v) is 5.46. The molecular weight excluding hydrogens is 368 g/mol. The topological polar surface area (TPSA) is 95.3 Å². The van der Waals surface area contributed by atoms with Crippen molar-refractivity contribution in [3.63, 3.8) is 0 Å². The molecule has 3 rings (SSSR count). The third kappa shape index (κ3) is 4.44. The molecule has 0 fully saturated rings. The van der Waals surface area contributed by atoms with Crippen LogP contribution in [0.5, 0.6) is 11.5 Å². The first kappa shape index (κ1) is 18.9. The standard InChI is InChI=1S/C18H20N4O4S/c1-25-15-8-9-17(26-2)18(12-15)27(23,24)21-16(13-22-19-10-11-20-22)14-6-4-3-5-7-14/h3-12,16,21H,13H2,1-2H3. The van der Waals surface area contributed by atoms with Crippen molar-refractivity contribution in [2.45, 2.75) is 17.5 Å². The predicted molar refractivity (Wildman–Crippen MR) is 99.1 cm³/mol. The monoisotopic (exact) mass is 388 g/mol. The van der Waals surface area contributed by atoms with Crippen molar-refractivity contribution in [3.8, 4) is 11.5 Å². The van der Waals surface area contributed by atoms with E-state index in [0.717, 1.165) is 5.56 Å². The van der Waals surface area contributed by atoms with Crippen LogP contribution in [0.15, 0.2) is 65.8 Å². The lowest BCUT2D eigenvalue weighted by Crippen LogP contribution is -2.32. The molecule has 0 aliphatic heterocycles. The largest absolute Gasteiger partial charge is 0.497 e. The van der Waals surface area contributed by atoms with Crippen LogP contribution in [0, 0.1) is 0 Å². The highest BCUT2D eigenvalue weighted by Crippen LogP contribution is 2.29. The zero-order chi connectivity index (χ0) is 19.3. The Balaban J connectivity index is 1.97. The van der Waals surface area contributed by atoms with E-state index in [-0.39, 0.29) is 17.2 Å². The van der Waals surface area contributed by atoms with Crippen molar-refractivity contribution < 1.29 is 17.9 Å². The highest BCUT2D eigenvalue weighted by Gasteiger charge is 2.26. The molecule has 1 N–H and O–H groups in total. The molecule has 0 saturated carbocycles. The van der Waals surface area contributed by atoms with E-state index in [0.29, 0.717) is 5.75 Å². The van der Waals surface area contributed by atoms with E-state index in [1.807, 2.05) is 30.3 Å². The van der Waals surface area contributed by atoms with E-state index in [1.54, 1.807) is 24.5 Å². The van der Waals surface area contributed by atoms with Gasteiger partial charge in [0, 0.05) is 6.07 Å². The van der Waals surface area contributed by atoms with Gasteiger partial charge in [-0.1, -0.05) is 30.3 Å². The maximum Gasteiger partial charge on any atom is 0.245 e. The van der Waals surface area contributed by atoms with Crippen LogP contribution in [0.1, 0.15) is 11.6 Å². The Bertz CT molecular complexity index is 976. The maximum absolute atomic E-state index is 13.1. The average molecular weight is 388 g/mol. The third-order valence-electron chi connectivity index (χ3n) is 3.97. The average Bonchev–Trinajstić information content (AvgIpc) is 3.20. The summed E-state index contributed by atoms with van der Waals surface area (Å²) in [6, 6.07) is 13.3. The van der Waals surface area contributed by atoms with Crippen LogP contribution in [-0.4, -0.2) is 37.6 Å². The van der Waals surface area contributed by atoms with Crippen molar-refractivity contribution >= 4 is 10.0 Å². The molecule has 1 heterocycles. The zero-order valence-corrected chi connectivity index (χ0v) is 15.8. The second-order valence-electron chi connectivity index (χ2n) is 5.69. The first-order valence-electron chi connectivity index (χ1n) is 8.17. The van der Waals surface area contributed by atoms with Crippen molar-refractivity contribution in [2.24, 2.45) is 0 Å². The van der Waals surface area contributed by atoms with E-state index >= 15 is 0 Å². The Morgan fingerprint density at radius 1 is 1.04 bits per heavy atom. The quantitative estimate of drug-likeness (QED) is 0.634. The molecule has 0 amide bonds. The SMILES string of the molecule is COc1ccc(OC)c(S(=O)(=O)NC(Cn2nccn2)c2ccccc2)c1. The Labute approximate surface area is 157 Å². The van der Waals surface area contributed by atoms with Gasteiger partial charge in [-0.25, -0.2) is 13.1 Å². The highest BCUT2D eigenvalue weighted by molar-refractivity contribution is 7.89.